The highest BCUT2D eigenvalue weighted by atomic mass is 16.5. The molecule has 25 heavy (non-hydrogen) atoms. The summed E-state index contributed by atoms with van der Waals surface area (Å²) < 4.78 is 6.76. The first-order valence-electron chi connectivity index (χ1n) is 8.83. The molecular formula is C17H27N5O3. The van der Waals surface area contributed by atoms with Gasteiger partial charge in [0.25, 0.3) is 0 Å². The fourth-order valence-electron chi connectivity index (χ4n) is 3.91. The molecule has 2 aliphatic heterocycles. The number of ether oxygens (including phenoxy) is 1. The van der Waals surface area contributed by atoms with Crippen LogP contribution in [0.1, 0.15) is 19.3 Å². The van der Waals surface area contributed by atoms with Crippen LogP contribution in [-0.4, -0.2) is 77.8 Å². The number of amides is 2. The molecule has 0 bridgehead atoms. The smallest absolute Gasteiger partial charge is 0.239 e. The molecule has 138 valence electrons. The van der Waals surface area contributed by atoms with Gasteiger partial charge in [-0.3, -0.25) is 19.2 Å². The Kier molecular flexibility index (Phi) is 5.39. The minimum absolute atomic E-state index is 0.0877. The van der Waals surface area contributed by atoms with Crippen molar-refractivity contribution in [3.63, 3.8) is 0 Å². The normalized spacial score (nSPS) is 24.2. The van der Waals surface area contributed by atoms with Crippen LogP contribution < -0.4 is 5.32 Å². The van der Waals surface area contributed by atoms with Crippen molar-refractivity contribution in [3.05, 3.63) is 12.3 Å². The van der Waals surface area contributed by atoms with Gasteiger partial charge < -0.3 is 15.0 Å². The first kappa shape index (κ1) is 17.9. The Morgan fingerprint density at radius 3 is 2.96 bits per heavy atom. The number of likely N-dealkylation sites (tertiary alicyclic amines) is 2. The second kappa shape index (κ2) is 7.53. The van der Waals surface area contributed by atoms with Crippen molar-refractivity contribution in [2.75, 3.05) is 51.8 Å². The van der Waals surface area contributed by atoms with Gasteiger partial charge in [-0.05, 0) is 25.8 Å². The summed E-state index contributed by atoms with van der Waals surface area (Å²) in [5.74, 6) is 0.694. The zero-order valence-corrected chi connectivity index (χ0v) is 15.0. The average Bonchev–Trinajstić information content (AvgIpc) is 3.16. The summed E-state index contributed by atoms with van der Waals surface area (Å²) in [6.07, 6.45) is 4.54. The molecule has 3 rings (SSSR count). The van der Waals surface area contributed by atoms with Gasteiger partial charge in [-0.1, -0.05) is 0 Å². The number of rotatable bonds is 6. The van der Waals surface area contributed by atoms with E-state index < -0.39 is 0 Å². The number of hydrogen-bond acceptors (Lipinski definition) is 5. The molecule has 0 aliphatic carbocycles. The minimum Gasteiger partial charge on any atom is -0.383 e. The summed E-state index contributed by atoms with van der Waals surface area (Å²) in [6.45, 7) is 3.76. The van der Waals surface area contributed by atoms with E-state index in [1.807, 2.05) is 11.9 Å². The number of aromatic nitrogens is 2. The van der Waals surface area contributed by atoms with Crippen LogP contribution in [0.25, 0.3) is 0 Å². The Labute approximate surface area is 148 Å². The van der Waals surface area contributed by atoms with E-state index in [2.05, 4.69) is 15.3 Å². The summed E-state index contributed by atoms with van der Waals surface area (Å²) in [6, 6.07) is 1.77. The van der Waals surface area contributed by atoms with Crippen molar-refractivity contribution < 1.29 is 14.3 Å². The lowest BCUT2D eigenvalue weighted by Crippen LogP contribution is -2.51. The number of nitrogens with one attached hydrogen (secondary N) is 1. The molecule has 8 nitrogen and oxygen atoms in total. The largest absolute Gasteiger partial charge is 0.383 e. The van der Waals surface area contributed by atoms with Crippen LogP contribution in [0.4, 0.5) is 5.82 Å². The van der Waals surface area contributed by atoms with E-state index in [1.54, 1.807) is 24.1 Å². The average molecular weight is 349 g/mol. The zero-order chi connectivity index (χ0) is 17.9. The maximum Gasteiger partial charge on any atom is 0.239 e. The maximum atomic E-state index is 12.9. The van der Waals surface area contributed by atoms with Crippen LogP contribution in [0.3, 0.4) is 0 Å². The highest BCUT2D eigenvalue weighted by Gasteiger charge is 2.48. The lowest BCUT2D eigenvalue weighted by atomic mass is 9.78. The molecule has 0 radical (unpaired) electrons. The third-order valence-electron chi connectivity index (χ3n) is 5.17. The van der Waals surface area contributed by atoms with Gasteiger partial charge in [0.1, 0.15) is 0 Å². The third-order valence-corrected chi connectivity index (χ3v) is 5.17. The van der Waals surface area contributed by atoms with E-state index in [1.165, 1.54) is 0 Å². The van der Waals surface area contributed by atoms with Crippen molar-refractivity contribution >= 4 is 17.6 Å². The van der Waals surface area contributed by atoms with E-state index in [0.29, 0.717) is 32.1 Å². The molecule has 2 amide bonds. The number of carbonyl (C=O) groups excluding carboxylic acids is 2. The van der Waals surface area contributed by atoms with E-state index >= 15 is 0 Å². The predicted molar refractivity (Wildman–Crippen MR) is 93.0 cm³/mol. The number of anilines is 1. The van der Waals surface area contributed by atoms with E-state index in [4.69, 9.17) is 4.74 Å². The van der Waals surface area contributed by atoms with Gasteiger partial charge in [-0.25, -0.2) is 0 Å². The molecule has 3 heterocycles. The number of hydrogen-bond donors (Lipinski definition) is 1. The molecule has 1 spiro atoms. The maximum absolute atomic E-state index is 12.9. The number of piperidine rings is 1. The first-order valence-corrected chi connectivity index (χ1v) is 8.83. The third kappa shape index (κ3) is 4.01. The Balaban J connectivity index is 1.55. The minimum atomic E-state index is -0.322. The molecular weight excluding hydrogens is 322 g/mol. The van der Waals surface area contributed by atoms with Crippen molar-refractivity contribution in [2.45, 2.75) is 19.3 Å². The van der Waals surface area contributed by atoms with Crippen molar-refractivity contribution in [2.24, 2.45) is 12.5 Å². The van der Waals surface area contributed by atoms with E-state index in [-0.39, 0.29) is 17.2 Å². The van der Waals surface area contributed by atoms with E-state index in [0.717, 1.165) is 32.4 Å². The number of methoxy groups -OCH3 is 1. The lowest BCUT2D eigenvalue weighted by molar-refractivity contribution is -0.146. The molecule has 1 atom stereocenters. The standard InChI is InChI=1S/C17H27N5O3/c1-20-8-4-14(19-20)18-15(23)12-21-9-6-17(13-21)5-3-7-22(16(17)24)10-11-25-2/h4,8H,3,5-7,9-13H2,1-2H3,(H,18,19,23)/t17-/m0/s1. The van der Waals surface area contributed by atoms with Crippen LogP contribution in [0.15, 0.2) is 12.3 Å². The van der Waals surface area contributed by atoms with Gasteiger partial charge in [0.05, 0.1) is 18.6 Å². The van der Waals surface area contributed by atoms with Crippen molar-refractivity contribution in [3.8, 4) is 0 Å². The van der Waals surface area contributed by atoms with Crippen LogP contribution in [0.5, 0.6) is 0 Å². The SMILES string of the molecule is COCCN1CCC[C@@]2(CCN(CC(=O)Nc3ccn(C)n3)C2)C1=O. The number of nitrogens with zero attached hydrogens (tertiary/aromatic N) is 4. The van der Waals surface area contributed by atoms with Gasteiger partial charge in [0.15, 0.2) is 5.82 Å². The predicted octanol–water partition coefficient (Wildman–Crippen LogP) is 0.320. The molecule has 8 heteroatoms. The van der Waals surface area contributed by atoms with Crippen LogP contribution in [0.2, 0.25) is 0 Å². The summed E-state index contributed by atoms with van der Waals surface area (Å²) >= 11 is 0. The molecule has 0 aromatic carbocycles. The second-order valence-corrected chi connectivity index (χ2v) is 7.05. The fraction of sp³-hybridized carbons (Fsp3) is 0.706. The monoisotopic (exact) mass is 349 g/mol. The van der Waals surface area contributed by atoms with Gasteiger partial charge in [-0.2, -0.15) is 5.10 Å². The van der Waals surface area contributed by atoms with Crippen LogP contribution >= 0.6 is 0 Å². The molecule has 2 fully saturated rings. The molecule has 0 saturated carbocycles. The highest BCUT2D eigenvalue weighted by Crippen LogP contribution is 2.39. The summed E-state index contributed by atoms with van der Waals surface area (Å²) in [5.41, 5.74) is -0.322. The van der Waals surface area contributed by atoms with Gasteiger partial charge >= 0.3 is 0 Å². The van der Waals surface area contributed by atoms with Crippen LogP contribution in [-0.2, 0) is 21.4 Å². The molecule has 2 saturated heterocycles. The van der Waals surface area contributed by atoms with E-state index in [9.17, 15) is 9.59 Å². The summed E-state index contributed by atoms with van der Waals surface area (Å²) in [4.78, 5) is 29.1. The van der Waals surface area contributed by atoms with Crippen molar-refractivity contribution in [1.82, 2.24) is 19.6 Å². The number of carbonyl (C=O) groups is 2. The Morgan fingerprint density at radius 1 is 1.40 bits per heavy atom. The van der Waals surface area contributed by atoms with Crippen LogP contribution in [0, 0.1) is 5.41 Å². The van der Waals surface area contributed by atoms with Crippen molar-refractivity contribution in [1.29, 1.82) is 0 Å². The second-order valence-electron chi connectivity index (χ2n) is 7.05. The zero-order valence-electron chi connectivity index (χ0n) is 15.0. The first-order chi connectivity index (χ1) is 12.0. The Bertz CT molecular complexity index is 632. The Morgan fingerprint density at radius 2 is 2.24 bits per heavy atom. The summed E-state index contributed by atoms with van der Waals surface area (Å²) in [5, 5.41) is 6.96. The number of aryl methyl sites for hydroxylation is 1. The molecule has 1 aromatic heterocycles. The van der Waals surface area contributed by atoms with Gasteiger partial charge in [0, 0.05) is 46.1 Å². The van der Waals surface area contributed by atoms with Gasteiger partial charge in [-0.15, -0.1) is 0 Å². The molecule has 0 unspecified atom stereocenters. The molecule has 2 aliphatic rings. The lowest BCUT2D eigenvalue weighted by Gasteiger charge is -2.39. The summed E-state index contributed by atoms with van der Waals surface area (Å²) in [7, 11) is 3.46. The quantitative estimate of drug-likeness (QED) is 0.800. The fourth-order valence-corrected chi connectivity index (χ4v) is 3.91. The van der Waals surface area contributed by atoms with Gasteiger partial charge in [0.2, 0.25) is 11.8 Å². The highest BCUT2D eigenvalue weighted by molar-refractivity contribution is 5.91. The topological polar surface area (TPSA) is 79.7 Å². The molecule has 1 N–H and O–H groups in total. The molecule has 1 aromatic rings. The Hall–Kier alpha value is -1.93.